The molecule has 2 fully saturated rings. The van der Waals surface area contributed by atoms with Gasteiger partial charge >= 0.3 is 0 Å². The number of nitrogens with one attached hydrogen (secondary N) is 1. The van der Waals surface area contributed by atoms with Crippen molar-refractivity contribution in [2.24, 2.45) is 0 Å². The second kappa shape index (κ2) is 7.05. The van der Waals surface area contributed by atoms with E-state index in [0.29, 0.717) is 6.04 Å². The van der Waals surface area contributed by atoms with E-state index in [4.69, 9.17) is 4.74 Å². The molecule has 2 aliphatic heterocycles. The van der Waals surface area contributed by atoms with Crippen LogP contribution in [-0.4, -0.2) is 65.6 Å². The second-order valence-electron chi connectivity index (χ2n) is 7.86. The van der Waals surface area contributed by atoms with Crippen molar-refractivity contribution in [3.63, 3.8) is 0 Å². The number of carbonyl (C=O) groups excluding carboxylic acids is 1. The van der Waals surface area contributed by atoms with Gasteiger partial charge in [0.1, 0.15) is 5.69 Å². The van der Waals surface area contributed by atoms with Crippen molar-refractivity contribution >= 4 is 16.8 Å². The van der Waals surface area contributed by atoms with Crippen LogP contribution < -0.4 is 0 Å². The summed E-state index contributed by atoms with van der Waals surface area (Å²) >= 11 is 0. The van der Waals surface area contributed by atoms with Crippen molar-refractivity contribution in [3.05, 3.63) is 35.0 Å². The van der Waals surface area contributed by atoms with E-state index in [-0.39, 0.29) is 11.9 Å². The fourth-order valence-corrected chi connectivity index (χ4v) is 4.47. The number of rotatable bonds is 2. The van der Waals surface area contributed by atoms with E-state index in [9.17, 15) is 4.79 Å². The number of carbonyl (C=O) groups is 1. The molecule has 0 radical (unpaired) electrons. The molecule has 26 heavy (non-hydrogen) atoms. The van der Waals surface area contributed by atoms with Crippen molar-refractivity contribution in [2.75, 3.05) is 32.8 Å². The van der Waals surface area contributed by atoms with Gasteiger partial charge in [-0.3, -0.25) is 9.69 Å². The average Bonchev–Trinajstić information content (AvgIpc) is 2.98. The Hall–Kier alpha value is -1.85. The minimum atomic E-state index is 0.135. The maximum Gasteiger partial charge on any atom is 0.270 e. The van der Waals surface area contributed by atoms with Gasteiger partial charge in [-0.25, -0.2) is 0 Å². The van der Waals surface area contributed by atoms with Crippen LogP contribution in [-0.2, 0) is 4.74 Å². The van der Waals surface area contributed by atoms with Crippen molar-refractivity contribution in [2.45, 2.75) is 45.7 Å². The molecular weight excluding hydrogens is 326 g/mol. The first-order valence-corrected chi connectivity index (χ1v) is 9.76. The van der Waals surface area contributed by atoms with Crippen molar-refractivity contribution in [3.8, 4) is 0 Å². The summed E-state index contributed by atoms with van der Waals surface area (Å²) in [6.07, 6.45) is 2.22. The summed E-state index contributed by atoms with van der Waals surface area (Å²) in [5.41, 5.74) is 4.08. The Morgan fingerprint density at radius 2 is 1.96 bits per heavy atom. The molecule has 1 amide bonds. The number of fused-ring (bicyclic) bond motifs is 1. The monoisotopic (exact) mass is 355 g/mol. The number of hydrogen-bond donors (Lipinski definition) is 1. The Morgan fingerprint density at radius 3 is 2.69 bits per heavy atom. The van der Waals surface area contributed by atoms with E-state index in [1.165, 1.54) is 5.56 Å². The maximum atomic E-state index is 13.2. The maximum absolute atomic E-state index is 13.2. The molecule has 140 valence electrons. The van der Waals surface area contributed by atoms with Crippen LogP contribution in [0.1, 0.15) is 41.4 Å². The highest BCUT2D eigenvalue weighted by atomic mass is 16.5. The molecule has 0 bridgehead atoms. The van der Waals surface area contributed by atoms with Gasteiger partial charge in [-0.05, 0) is 51.3 Å². The largest absolute Gasteiger partial charge is 0.381 e. The number of nitrogens with zero attached hydrogens (tertiary/aromatic N) is 2. The van der Waals surface area contributed by atoms with Crippen LogP contribution in [0, 0.1) is 13.8 Å². The van der Waals surface area contributed by atoms with Crippen LogP contribution in [0.25, 0.3) is 10.9 Å². The predicted molar refractivity (Wildman–Crippen MR) is 104 cm³/mol. The van der Waals surface area contributed by atoms with Crippen molar-refractivity contribution in [1.82, 2.24) is 14.8 Å². The number of aromatic nitrogens is 1. The SMILES string of the molecule is Cc1ccc2[nH]c(C(=O)N3CCN(C4CCOCC4)C[C@H]3C)c(C)c2c1. The summed E-state index contributed by atoms with van der Waals surface area (Å²) in [7, 11) is 0. The molecule has 1 aromatic heterocycles. The summed E-state index contributed by atoms with van der Waals surface area (Å²) in [5, 5.41) is 1.15. The lowest BCUT2D eigenvalue weighted by Gasteiger charge is -2.44. The number of benzene rings is 1. The Balaban J connectivity index is 1.51. The third-order valence-electron chi connectivity index (χ3n) is 6.05. The van der Waals surface area contributed by atoms with Gasteiger partial charge in [0, 0.05) is 55.8 Å². The van der Waals surface area contributed by atoms with Gasteiger partial charge < -0.3 is 14.6 Å². The summed E-state index contributed by atoms with van der Waals surface area (Å²) in [6, 6.07) is 7.15. The highest BCUT2D eigenvalue weighted by Gasteiger charge is 2.33. The molecule has 1 N–H and O–H groups in total. The summed E-state index contributed by atoms with van der Waals surface area (Å²) in [4.78, 5) is 21.2. The molecule has 0 spiro atoms. The third kappa shape index (κ3) is 3.14. The van der Waals surface area contributed by atoms with Crippen molar-refractivity contribution < 1.29 is 9.53 Å². The third-order valence-corrected chi connectivity index (χ3v) is 6.05. The van der Waals surface area contributed by atoms with Gasteiger partial charge in [0.15, 0.2) is 0 Å². The molecule has 0 unspecified atom stereocenters. The number of amides is 1. The van der Waals surface area contributed by atoms with Gasteiger partial charge in [-0.2, -0.15) is 0 Å². The predicted octanol–water partition coefficient (Wildman–Crippen LogP) is 3.11. The van der Waals surface area contributed by atoms with Gasteiger partial charge in [0.25, 0.3) is 5.91 Å². The van der Waals surface area contributed by atoms with Crippen molar-refractivity contribution in [1.29, 1.82) is 0 Å². The van der Waals surface area contributed by atoms with Gasteiger partial charge in [-0.15, -0.1) is 0 Å². The normalized spacial score (nSPS) is 22.9. The zero-order chi connectivity index (χ0) is 18.3. The first-order chi connectivity index (χ1) is 12.5. The standard InChI is InChI=1S/C21H29N3O2/c1-14-4-5-19-18(12-14)16(3)20(22-19)21(25)24-9-8-23(13-15(24)2)17-6-10-26-11-7-17/h4-5,12,15,17,22H,6-11,13H2,1-3H3/t15-/m1/s1. The first kappa shape index (κ1) is 17.6. The highest BCUT2D eigenvalue weighted by molar-refractivity contribution is 6.01. The average molecular weight is 355 g/mol. The molecule has 2 aromatic rings. The van der Waals surface area contributed by atoms with Crippen LogP contribution in [0.3, 0.4) is 0 Å². The zero-order valence-corrected chi connectivity index (χ0v) is 16.0. The molecule has 5 heteroatoms. The van der Waals surface area contributed by atoms with Crippen LogP contribution in [0.5, 0.6) is 0 Å². The second-order valence-corrected chi connectivity index (χ2v) is 7.86. The number of ether oxygens (including phenoxy) is 1. The lowest BCUT2D eigenvalue weighted by atomic mass is 10.0. The van der Waals surface area contributed by atoms with Gasteiger partial charge in [0.05, 0.1) is 0 Å². The molecular formula is C21H29N3O2. The summed E-state index contributed by atoms with van der Waals surface area (Å²) in [6.45, 7) is 10.8. The summed E-state index contributed by atoms with van der Waals surface area (Å²) in [5.74, 6) is 0.135. The fraction of sp³-hybridized carbons (Fsp3) is 0.571. The molecule has 1 aromatic carbocycles. The molecule has 5 nitrogen and oxygen atoms in total. The van der Waals surface area contributed by atoms with E-state index in [1.54, 1.807) is 0 Å². The lowest BCUT2D eigenvalue weighted by molar-refractivity contribution is 0.000555. The molecule has 4 rings (SSSR count). The Labute approximate surface area is 155 Å². The first-order valence-electron chi connectivity index (χ1n) is 9.76. The van der Waals surface area contributed by atoms with E-state index in [1.807, 2.05) is 4.90 Å². The van der Waals surface area contributed by atoms with Crippen LogP contribution in [0.4, 0.5) is 0 Å². The zero-order valence-electron chi connectivity index (χ0n) is 16.0. The van der Waals surface area contributed by atoms with E-state index < -0.39 is 0 Å². The number of aryl methyl sites for hydroxylation is 2. The van der Waals surface area contributed by atoms with E-state index in [2.05, 4.69) is 48.9 Å². The molecule has 1 atom stereocenters. The molecule has 0 aliphatic carbocycles. The Kier molecular flexibility index (Phi) is 4.76. The number of hydrogen-bond acceptors (Lipinski definition) is 3. The molecule has 3 heterocycles. The van der Waals surface area contributed by atoms with Crippen LogP contribution in [0.15, 0.2) is 18.2 Å². The summed E-state index contributed by atoms with van der Waals surface area (Å²) < 4.78 is 5.49. The highest BCUT2D eigenvalue weighted by Crippen LogP contribution is 2.26. The Morgan fingerprint density at radius 1 is 1.19 bits per heavy atom. The number of piperazine rings is 1. The fourth-order valence-electron chi connectivity index (χ4n) is 4.47. The smallest absolute Gasteiger partial charge is 0.270 e. The van der Waals surface area contributed by atoms with Crippen LogP contribution >= 0.6 is 0 Å². The minimum absolute atomic E-state index is 0.135. The quantitative estimate of drug-likeness (QED) is 0.900. The van der Waals surface area contributed by atoms with Crippen LogP contribution in [0.2, 0.25) is 0 Å². The minimum Gasteiger partial charge on any atom is -0.381 e. The molecule has 0 saturated carbocycles. The Bertz CT molecular complexity index is 807. The van der Waals surface area contributed by atoms with Gasteiger partial charge in [-0.1, -0.05) is 11.6 Å². The molecule has 2 aliphatic rings. The lowest BCUT2D eigenvalue weighted by Crippen LogP contribution is -2.57. The van der Waals surface area contributed by atoms with E-state index in [0.717, 1.165) is 67.8 Å². The van der Waals surface area contributed by atoms with Gasteiger partial charge in [0.2, 0.25) is 0 Å². The number of aromatic amines is 1. The van der Waals surface area contributed by atoms with E-state index >= 15 is 0 Å². The topological polar surface area (TPSA) is 48.6 Å². The number of H-pyrrole nitrogens is 1. The molecule has 2 saturated heterocycles.